The molecule has 4 rings (SSSR count). The van der Waals surface area contributed by atoms with E-state index in [1.54, 1.807) is 0 Å². The molecule has 0 aliphatic carbocycles. The summed E-state index contributed by atoms with van der Waals surface area (Å²) in [6.07, 6.45) is 2.35. The van der Waals surface area contributed by atoms with Gasteiger partial charge in [-0.1, -0.05) is 48.0 Å². The number of benzene rings is 2. The standard InChI is InChI=1S/C28H35N5O2/c1-21-12-14-25(15-13-21)33-23(3)28(22(2)30-33)29-26(34)20-31-16-18-32(19-17-31)27(35)11-7-10-24-8-5-4-6-9-24/h4-6,8-9,12-15H,7,10-11,16-20H2,1-3H3,(H,29,34). The fourth-order valence-electron chi connectivity index (χ4n) is 4.54. The highest BCUT2D eigenvalue weighted by molar-refractivity contribution is 5.93. The largest absolute Gasteiger partial charge is 0.340 e. The normalized spacial score (nSPS) is 14.2. The van der Waals surface area contributed by atoms with Gasteiger partial charge < -0.3 is 10.2 Å². The molecule has 2 aromatic carbocycles. The summed E-state index contributed by atoms with van der Waals surface area (Å²) in [7, 11) is 0. The summed E-state index contributed by atoms with van der Waals surface area (Å²) in [5.41, 5.74) is 5.90. The van der Waals surface area contributed by atoms with Crippen molar-refractivity contribution in [1.82, 2.24) is 19.6 Å². The number of amides is 2. The first-order valence-corrected chi connectivity index (χ1v) is 12.4. The number of hydrogen-bond acceptors (Lipinski definition) is 4. The molecule has 0 saturated carbocycles. The Bertz CT molecular complexity index is 1150. The minimum absolute atomic E-state index is 0.0534. The molecular formula is C28H35N5O2. The van der Waals surface area contributed by atoms with Crippen molar-refractivity contribution in [2.45, 2.75) is 40.0 Å². The van der Waals surface area contributed by atoms with Crippen LogP contribution in [-0.4, -0.2) is 64.1 Å². The molecule has 7 nitrogen and oxygen atoms in total. The Morgan fingerprint density at radius 3 is 2.29 bits per heavy atom. The van der Waals surface area contributed by atoms with E-state index in [0.717, 1.165) is 35.6 Å². The Morgan fingerprint density at radius 2 is 1.60 bits per heavy atom. The third-order valence-electron chi connectivity index (χ3n) is 6.63. The first kappa shape index (κ1) is 24.7. The van der Waals surface area contributed by atoms with Crippen LogP contribution in [0.15, 0.2) is 54.6 Å². The van der Waals surface area contributed by atoms with Crippen LogP contribution in [-0.2, 0) is 16.0 Å². The van der Waals surface area contributed by atoms with Crippen LogP contribution in [0.5, 0.6) is 0 Å². The molecule has 184 valence electrons. The van der Waals surface area contributed by atoms with Crippen molar-refractivity contribution in [3.05, 3.63) is 77.1 Å². The summed E-state index contributed by atoms with van der Waals surface area (Å²) in [4.78, 5) is 29.4. The van der Waals surface area contributed by atoms with Gasteiger partial charge in [0.2, 0.25) is 11.8 Å². The Hall–Kier alpha value is -3.45. The van der Waals surface area contributed by atoms with Crippen LogP contribution in [0.25, 0.3) is 5.69 Å². The van der Waals surface area contributed by atoms with Crippen molar-refractivity contribution < 1.29 is 9.59 Å². The number of piperazine rings is 1. The van der Waals surface area contributed by atoms with Gasteiger partial charge in [-0.15, -0.1) is 0 Å². The van der Waals surface area contributed by atoms with Crippen molar-refractivity contribution in [3.63, 3.8) is 0 Å². The molecule has 0 unspecified atom stereocenters. The third kappa shape index (κ3) is 6.36. The summed E-state index contributed by atoms with van der Waals surface area (Å²) < 4.78 is 1.87. The second-order valence-corrected chi connectivity index (χ2v) is 9.34. The fourth-order valence-corrected chi connectivity index (χ4v) is 4.54. The zero-order valence-electron chi connectivity index (χ0n) is 21.0. The maximum absolute atomic E-state index is 12.8. The number of nitrogens with one attached hydrogen (secondary N) is 1. The molecule has 7 heteroatoms. The Morgan fingerprint density at radius 1 is 0.914 bits per heavy atom. The van der Waals surface area contributed by atoms with Crippen LogP contribution in [0.3, 0.4) is 0 Å². The van der Waals surface area contributed by atoms with E-state index in [4.69, 9.17) is 0 Å². The van der Waals surface area contributed by atoms with E-state index in [2.05, 4.69) is 46.5 Å². The van der Waals surface area contributed by atoms with Crippen molar-refractivity contribution in [2.75, 3.05) is 38.0 Å². The van der Waals surface area contributed by atoms with Crippen LogP contribution >= 0.6 is 0 Å². The Labute approximate surface area is 207 Å². The second-order valence-electron chi connectivity index (χ2n) is 9.34. The van der Waals surface area contributed by atoms with Gasteiger partial charge in [-0.05, 0) is 51.3 Å². The lowest BCUT2D eigenvalue weighted by Gasteiger charge is -2.34. The fraction of sp³-hybridized carbons (Fsp3) is 0.393. The SMILES string of the molecule is Cc1ccc(-n2nc(C)c(NC(=O)CN3CCN(C(=O)CCCc4ccccc4)CC3)c2C)cc1. The number of carbonyl (C=O) groups excluding carboxylic acids is 2. The van der Waals surface area contributed by atoms with E-state index in [-0.39, 0.29) is 11.8 Å². The zero-order chi connectivity index (χ0) is 24.8. The molecule has 0 radical (unpaired) electrons. The lowest BCUT2D eigenvalue weighted by Crippen LogP contribution is -2.50. The molecular weight excluding hydrogens is 438 g/mol. The van der Waals surface area contributed by atoms with E-state index in [1.807, 2.05) is 53.8 Å². The van der Waals surface area contributed by atoms with Gasteiger partial charge in [-0.25, -0.2) is 4.68 Å². The minimum Gasteiger partial charge on any atom is -0.340 e. The molecule has 1 aliphatic rings. The van der Waals surface area contributed by atoms with Crippen LogP contribution in [0.2, 0.25) is 0 Å². The van der Waals surface area contributed by atoms with Crippen molar-refractivity contribution in [1.29, 1.82) is 0 Å². The predicted molar refractivity (Wildman–Crippen MR) is 139 cm³/mol. The molecule has 1 aromatic heterocycles. The summed E-state index contributed by atoms with van der Waals surface area (Å²) in [6.45, 7) is 8.99. The van der Waals surface area contributed by atoms with Crippen molar-refractivity contribution in [2.24, 2.45) is 0 Å². The number of anilines is 1. The Kier molecular flexibility index (Phi) is 7.98. The van der Waals surface area contributed by atoms with Gasteiger partial charge in [-0.3, -0.25) is 14.5 Å². The first-order valence-electron chi connectivity index (χ1n) is 12.4. The van der Waals surface area contributed by atoms with E-state index >= 15 is 0 Å². The van der Waals surface area contributed by atoms with Crippen LogP contribution in [0.4, 0.5) is 5.69 Å². The molecule has 3 aromatic rings. The summed E-state index contributed by atoms with van der Waals surface area (Å²) >= 11 is 0. The second kappa shape index (κ2) is 11.3. The summed E-state index contributed by atoms with van der Waals surface area (Å²) in [6, 6.07) is 18.4. The molecule has 0 atom stereocenters. The van der Waals surface area contributed by atoms with Gasteiger partial charge in [0.1, 0.15) is 0 Å². The van der Waals surface area contributed by atoms with E-state index in [1.165, 1.54) is 11.1 Å². The average Bonchev–Trinajstić information content (AvgIpc) is 3.14. The van der Waals surface area contributed by atoms with Crippen LogP contribution in [0.1, 0.15) is 35.4 Å². The van der Waals surface area contributed by atoms with Crippen LogP contribution < -0.4 is 5.32 Å². The molecule has 0 bridgehead atoms. The minimum atomic E-state index is -0.0534. The molecule has 1 saturated heterocycles. The topological polar surface area (TPSA) is 70.5 Å². The maximum Gasteiger partial charge on any atom is 0.238 e. The smallest absolute Gasteiger partial charge is 0.238 e. The first-order chi connectivity index (χ1) is 16.9. The molecule has 2 amide bonds. The number of aromatic nitrogens is 2. The van der Waals surface area contributed by atoms with Gasteiger partial charge in [-0.2, -0.15) is 5.10 Å². The van der Waals surface area contributed by atoms with Crippen LogP contribution in [0, 0.1) is 20.8 Å². The van der Waals surface area contributed by atoms with Crippen molar-refractivity contribution in [3.8, 4) is 5.69 Å². The monoisotopic (exact) mass is 473 g/mol. The highest BCUT2D eigenvalue weighted by Crippen LogP contribution is 2.23. The number of carbonyl (C=O) groups is 2. The number of nitrogens with zero attached hydrogens (tertiary/aromatic N) is 4. The predicted octanol–water partition coefficient (Wildman–Crippen LogP) is 3.90. The molecule has 2 heterocycles. The zero-order valence-corrected chi connectivity index (χ0v) is 21.0. The van der Waals surface area contributed by atoms with E-state index in [0.29, 0.717) is 39.1 Å². The van der Waals surface area contributed by atoms with Gasteiger partial charge in [0, 0.05) is 32.6 Å². The summed E-state index contributed by atoms with van der Waals surface area (Å²) in [5.74, 6) is 0.155. The van der Waals surface area contributed by atoms with Gasteiger partial charge in [0.25, 0.3) is 0 Å². The van der Waals surface area contributed by atoms with Gasteiger partial charge in [0.05, 0.1) is 29.3 Å². The lowest BCUT2D eigenvalue weighted by atomic mass is 10.1. The number of hydrogen-bond donors (Lipinski definition) is 1. The highest BCUT2D eigenvalue weighted by Gasteiger charge is 2.23. The van der Waals surface area contributed by atoms with E-state index < -0.39 is 0 Å². The van der Waals surface area contributed by atoms with Gasteiger partial charge in [0.15, 0.2) is 0 Å². The molecule has 35 heavy (non-hydrogen) atoms. The molecule has 1 aliphatic heterocycles. The molecule has 1 fully saturated rings. The number of rotatable bonds is 8. The number of aryl methyl sites for hydroxylation is 3. The third-order valence-corrected chi connectivity index (χ3v) is 6.63. The lowest BCUT2D eigenvalue weighted by molar-refractivity contribution is -0.133. The maximum atomic E-state index is 12.8. The van der Waals surface area contributed by atoms with Gasteiger partial charge >= 0.3 is 0 Å². The summed E-state index contributed by atoms with van der Waals surface area (Å²) in [5, 5.41) is 7.69. The molecule has 1 N–H and O–H groups in total. The highest BCUT2D eigenvalue weighted by atomic mass is 16.2. The van der Waals surface area contributed by atoms with E-state index in [9.17, 15) is 9.59 Å². The quantitative estimate of drug-likeness (QED) is 0.539. The average molecular weight is 474 g/mol. The van der Waals surface area contributed by atoms with Crippen molar-refractivity contribution >= 4 is 17.5 Å². The Balaban J connectivity index is 1.23. The molecule has 0 spiro atoms.